The molecule has 1 amide bonds. The van der Waals surface area contributed by atoms with Gasteiger partial charge in [-0.1, -0.05) is 24.3 Å². The van der Waals surface area contributed by atoms with Crippen LogP contribution in [0.2, 0.25) is 0 Å². The number of amides is 1. The zero-order valence-electron chi connectivity index (χ0n) is 17.4. The highest BCUT2D eigenvalue weighted by Gasteiger charge is 2.21. The molecule has 5 rings (SSSR count). The fourth-order valence-electron chi connectivity index (χ4n) is 3.89. The van der Waals surface area contributed by atoms with Gasteiger partial charge in [-0.15, -0.1) is 0 Å². The van der Waals surface area contributed by atoms with Crippen molar-refractivity contribution in [1.82, 2.24) is 29.2 Å². The van der Waals surface area contributed by atoms with Crippen LogP contribution in [-0.4, -0.2) is 29.8 Å². The van der Waals surface area contributed by atoms with E-state index in [0.717, 1.165) is 23.4 Å². The Morgan fingerprint density at radius 2 is 1.78 bits per heavy atom. The van der Waals surface area contributed by atoms with Crippen LogP contribution in [0.1, 0.15) is 23.1 Å². The topological polar surface area (TPSA) is 69.7 Å². The number of para-hydroxylation sites is 3. The molecule has 0 bridgehead atoms. The molecule has 1 N–H and O–H groups in total. The van der Waals surface area contributed by atoms with Crippen LogP contribution in [0, 0.1) is 5.82 Å². The largest absolute Gasteiger partial charge is 0.345 e. The van der Waals surface area contributed by atoms with Crippen LogP contribution >= 0.6 is 0 Å². The Morgan fingerprint density at radius 3 is 2.56 bits per heavy atom. The summed E-state index contributed by atoms with van der Waals surface area (Å²) in [4.78, 5) is 17.8. The standard InChI is InChI=1S/C24H21FN6O/c1-2-30-21-12-6-4-10-19(21)28-22(30)16-26-23(32)17-15-27-31(20-11-5-3-9-18(20)25)24(17)29-13-7-8-14-29/h3-15H,2,16H2,1H3,(H,26,32). The molecule has 0 saturated heterocycles. The minimum Gasteiger partial charge on any atom is -0.345 e. The van der Waals surface area contributed by atoms with Crippen LogP contribution < -0.4 is 5.32 Å². The molecule has 8 heteroatoms. The summed E-state index contributed by atoms with van der Waals surface area (Å²) in [5, 5.41) is 7.27. The number of imidazole rings is 1. The van der Waals surface area contributed by atoms with E-state index in [-0.39, 0.29) is 18.1 Å². The average molecular weight is 428 g/mol. The second-order valence-electron chi connectivity index (χ2n) is 7.28. The number of carbonyl (C=O) groups is 1. The smallest absolute Gasteiger partial charge is 0.257 e. The normalized spacial score (nSPS) is 11.2. The first kappa shape index (κ1) is 19.7. The van der Waals surface area contributed by atoms with Gasteiger partial charge in [0, 0.05) is 18.9 Å². The fraction of sp³-hybridized carbons (Fsp3) is 0.125. The van der Waals surface area contributed by atoms with Crippen LogP contribution in [0.3, 0.4) is 0 Å². The Morgan fingerprint density at radius 1 is 1.03 bits per heavy atom. The van der Waals surface area contributed by atoms with Crippen LogP contribution in [0.4, 0.5) is 4.39 Å². The van der Waals surface area contributed by atoms with E-state index >= 15 is 0 Å². The van der Waals surface area contributed by atoms with Gasteiger partial charge in [-0.05, 0) is 43.3 Å². The molecule has 0 atom stereocenters. The Bertz CT molecular complexity index is 1400. The molecule has 0 fully saturated rings. The number of benzene rings is 2. The molecule has 0 unspecified atom stereocenters. The van der Waals surface area contributed by atoms with Gasteiger partial charge in [0.05, 0.1) is 23.8 Å². The van der Waals surface area contributed by atoms with Gasteiger partial charge in [0.1, 0.15) is 22.9 Å². The molecule has 0 aliphatic carbocycles. The Kier molecular flexibility index (Phi) is 5.03. The van der Waals surface area contributed by atoms with Crippen LogP contribution in [0.15, 0.2) is 79.3 Å². The molecule has 0 spiro atoms. The third-order valence-corrected chi connectivity index (χ3v) is 5.38. The molecule has 0 aliphatic heterocycles. The number of rotatable bonds is 6. The number of hydrogen-bond acceptors (Lipinski definition) is 3. The zero-order valence-corrected chi connectivity index (χ0v) is 17.4. The number of fused-ring (bicyclic) bond motifs is 1. The van der Waals surface area contributed by atoms with Crippen molar-refractivity contribution >= 4 is 16.9 Å². The number of nitrogens with zero attached hydrogens (tertiary/aromatic N) is 5. The van der Waals surface area contributed by atoms with Gasteiger partial charge in [-0.2, -0.15) is 5.10 Å². The lowest BCUT2D eigenvalue weighted by Gasteiger charge is -2.12. The number of halogens is 1. The average Bonchev–Trinajstić information content (AvgIpc) is 3.55. The highest BCUT2D eigenvalue weighted by atomic mass is 19.1. The number of aryl methyl sites for hydroxylation is 1. The zero-order chi connectivity index (χ0) is 22.1. The Labute approximate surface area is 183 Å². The van der Waals surface area contributed by atoms with Gasteiger partial charge >= 0.3 is 0 Å². The van der Waals surface area contributed by atoms with E-state index in [2.05, 4.69) is 20.0 Å². The Hall–Kier alpha value is -4.20. The summed E-state index contributed by atoms with van der Waals surface area (Å²) in [7, 11) is 0. The van der Waals surface area contributed by atoms with E-state index in [1.807, 2.05) is 43.3 Å². The van der Waals surface area contributed by atoms with Gasteiger partial charge in [0.15, 0.2) is 5.82 Å². The lowest BCUT2D eigenvalue weighted by molar-refractivity contribution is 0.0949. The first-order chi connectivity index (χ1) is 15.7. The monoisotopic (exact) mass is 428 g/mol. The second kappa shape index (κ2) is 8.14. The molecule has 2 aromatic carbocycles. The summed E-state index contributed by atoms with van der Waals surface area (Å²) >= 11 is 0. The molecule has 160 valence electrons. The van der Waals surface area contributed by atoms with Gasteiger partial charge < -0.3 is 14.5 Å². The highest BCUT2D eigenvalue weighted by Crippen LogP contribution is 2.22. The van der Waals surface area contributed by atoms with Gasteiger partial charge in [0.25, 0.3) is 5.91 Å². The molecule has 5 aromatic rings. The molecule has 3 heterocycles. The summed E-state index contributed by atoms with van der Waals surface area (Å²) in [5.74, 6) is 0.492. The summed E-state index contributed by atoms with van der Waals surface area (Å²) in [6, 6.07) is 17.9. The van der Waals surface area contributed by atoms with Crippen LogP contribution in [0.25, 0.3) is 22.5 Å². The van der Waals surface area contributed by atoms with Crippen molar-refractivity contribution in [2.45, 2.75) is 20.0 Å². The van der Waals surface area contributed by atoms with Crippen molar-refractivity contribution in [3.8, 4) is 11.5 Å². The summed E-state index contributed by atoms with van der Waals surface area (Å²) in [6.07, 6.45) is 5.04. The number of aromatic nitrogens is 5. The SMILES string of the molecule is CCn1c(CNC(=O)c2cnn(-c3ccccc3F)c2-n2cccc2)nc2ccccc21. The first-order valence-corrected chi connectivity index (χ1v) is 10.4. The quantitative estimate of drug-likeness (QED) is 0.443. The maximum absolute atomic E-state index is 14.5. The Balaban J connectivity index is 1.49. The van der Waals surface area contributed by atoms with Crippen molar-refractivity contribution in [2.24, 2.45) is 0 Å². The highest BCUT2D eigenvalue weighted by molar-refractivity contribution is 5.97. The predicted molar refractivity (Wildman–Crippen MR) is 119 cm³/mol. The van der Waals surface area contributed by atoms with E-state index in [0.29, 0.717) is 11.4 Å². The van der Waals surface area contributed by atoms with E-state index in [1.165, 1.54) is 16.9 Å². The molecule has 0 aliphatic rings. The molecular weight excluding hydrogens is 407 g/mol. The minimum absolute atomic E-state index is 0.261. The van der Waals surface area contributed by atoms with Crippen LogP contribution in [-0.2, 0) is 13.1 Å². The third-order valence-electron chi connectivity index (χ3n) is 5.38. The van der Waals surface area contributed by atoms with E-state index in [9.17, 15) is 9.18 Å². The lowest BCUT2D eigenvalue weighted by atomic mass is 10.2. The van der Waals surface area contributed by atoms with Gasteiger partial charge in [-0.3, -0.25) is 4.79 Å². The second-order valence-corrected chi connectivity index (χ2v) is 7.28. The van der Waals surface area contributed by atoms with Crippen molar-refractivity contribution in [2.75, 3.05) is 0 Å². The van der Waals surface area contributed by atoms with Crippen LogP contribution in [0.5, 0.6) is 0 Å². The van der Waals surface area contributed by atoms with E-state index in [1.54, 1.807) is 35.2 Å². The lowest BCUT2D eigenvalue weighted by Crippen LogP contribution is -2.25. The summed E-state index contributed by atoms with van der Waals surface area (Å²) in [6.45, 7) is 3.05. The minimum atomic E-state index is -0.423. The van der Waals surface area contributed by atoms with Crippen molar-refractivity contribution in [3.05, 3.63) is 96.5 Å². The summed E-state index contributed by atoms with van der Waals surface area (Å²) < 4.78 is 19.7. The molecular formula is C24H21FN6O. The maximum atomic E-state index is 14.5. The molecule has 7 nitrogen and oxygen atoms in total. The van der Waals surface area contributed by atoms with Gasteiger partial charge in [0.2, 0.25) is 0 Å². The number of nitrogens with one attached hydrogen (secondary N) is 1. The summed E-state index contributed by atoms with van der Waals surface area (Å²) in [5.41, 5.74) is 2.52. The van der Waals surface area contributed by atoms with Gasteiger partial charge in [-0.25, -0.2) is 14.1 Å². The predicted octanol–water partition coefficient (Wildman–Crippen LogP) is 4.10. The molecule has 0 radical (unpaired) electrons. The van der Waals surface area contributed by atoms with E-state index in [4.69, 9.17) is 0 Å². The van der Waals surface area contributed by atoms with Crippen molar-refractivity contribution < 1.29 is 9.18 Å². The number of hydrogen-bond donors (Lipinski definition) is 1. The molecule has 32 heavy (non-hydrogen) atoms. The maximum Gasteiger partial charge on any atom is 0.257 e. The number of carbonyl (C=O) groups excluding carboxylic acids is 1. The van der Waals surface area contributed by atoms with E-state index < -0.39 is 5.82 Å². The fourth-order valence-corrected chi connectivity index (χ4v) is 3.89. The van der Waals surface area contributed by atoms with Crippen molar-refractivity contribution in [1.29, 1.82) is 0 Å². The third kappa shape index (κ3) is 3.35. The molecule has 0 saturated carbocycles. The molecule has 3 aromatic heterocycles. The first-order valence-electron chi connectivity index (χ1n) is 10.4. The van der Waals surface area contributed by atoms with Crippen molar-refractivity contribution in [3.63, 3.8) is 0 Å².